The molecule has 0 radical (unpaired) electrons. The van der Waals surface area contributed by atoms with Crippen molar-refractivity contribution in [2.75, 3.05) is 26.4 Å². The topological polar surface area (TPSA) is 85.9 Å². The number of amides is 1. The molecule has 0 spiro atoms. The Morgan fingerprint density at radius 3 is 2.42 bits per heavy atom. The summed E-state index contributed by atoms with van der Waals surface area (Å²) >= 11 is 0. The summed E-state index contributed by atoms with van der Waals surface area (Å²) in [6.07, 6.45) is 5.66. The molecule has 1 aliphatic rings. The first-order valence-corrected chi connectivity index (χ1v) is 13.1. The molecule has 0 bridgehead atoms. The van der Waals surface area contributed by atoms with Crippen LogP contribution in [-0.2, 0) is 11.3 Å². The first-order valence-electron chi connectivity index (χ1n) is 13.1. The molecule has 210 valence electrons. The zero-order valence-corrected chi connectivity index (χ0v) is 22.3. The number of hydrogen-bond acceptors (Lipinski definition) is 5. The highest BCUT2D eigenvalue weighted by molar-refractivity contribution is 6.09. The fourth-order valence-electron chi connectivity index (χ4n) is 4.91. The molecule has 0 atom stereocenters. The average Bonchev–Trinajstić information content (AvgIpc) is 2.99. The Balaban J connectivity index is 1.79. The van der Waals surface area contributed by atoms with Gasteiger partial charge in [0.15, 0.2) is 6.10 Å². The van der Waals surface area contributed by atoms with Gasteiger partial charge in [0, 0.05) is 31.5 Å². The second-order valence-electron chi connectivity index (χ2n) is 9.55. The van der Waals surface area contributed by atoms with Crippen LogP contribution in [0.15, 0.2) is 75.9 Å². The van der Waals surface area contributed by atoms with Crippen LogP contribution in [-0.4, -0.2) is 59.2 Å². The van der Waals surface area contributed by atoms with Gasteiger partial charge in [0.25, 0.3) is 5.56 Å². The van der Waals surface area contributed by atoms with E-state index in [0.29, 0.717) is 31.4 Å². The molecule has 2 heterocycles. The number of carbonyl (C=O) groups excluding carboxylic acids is 1. The summed E-state index contributed by atoms with van der Waals surface area (Å²) < 4.78 is 34.4. The van der Waals surface area contributed by atoms with Crippen LogP contribution in [0, 0.1) is 0 Å². The lowest BCUT2D eigenvalue weighted by Crippen LogP contribution is -2.44. The van der Waals surface area contributed by atoms with Gasteiger partial charge in [-0.1, -0.05) is 36.9 Å². The van der Waals surface area contributed by atoms with Gasteiger partial charge in [0.05, 0.1) is 17.4 Å². The molecule has 0 N–H and O–H groups in total. The average molecular weight is 551 g/mol. The van der Waals surface area contributed by atoms with Crippen LogP contribution >= 0.6 is 0 Å². The minimum atomic E-state index is -1.28. The lowest BCUT2D eigenvalue weighted by atomic mass is 10.0. The minimum Gasteiger partial charge on any atom is -0.485 e. The third-order valence-corrected chi connectivity index (χ3v) is 7.06. The fourth-order valence-corrected chi connectivity index (χ4v) is 4.91. The number of allylic oxidation sites excluding steroid dienone is 2. The van der Waals surface area contributed by atoms with Gasteiger partial charge in [-0.25, -0.2) is 13.6 Å². The summed E-state index contributed by atoms with van der Waals surface area (Å²) in [7, 11) is 0. The Morgan fingerprint density at radius 2 is 1.82 bits per heavy atom. The van der Waals surface area contributed by atoms with Crippen LogP contribution < -0.4 is 16.0 Å². The number of benzene rings is 2. The molecule has 1 aliphatic heterocycles. The summed E-state index contributed by atoms with van der Waals surface area (Å²) in [4.78, 5) is 44.4. The van der Waals surface area contributed by atoms with Crippen molar-refractivity contribution in [3.05, 3.63) is 93.3 Å². The smallest absolute Gasteiger partial charge is 0.332 e. The van der Waals surface area contributed by atoms with Gasteiger partial charge >= 0.3 is 5.69 Å². The molecule has 4 rings (SSSR count). The van der Waals surface area contributed by atoms with E-state index in [4.69, 9.17) is 4.74 Å². The monoisotopic (exact) mass is 550 g/mol. The van der Waals surface area contributed by atoms with Gasteiger partial charge < -0.3 is 9.64 Å². The van der Waals surface area contributed by atoms with Crippen LogP contribution in [0.3, 0.4) is 0 Å². The molecule has 0 aliphatic carbocycles. The number of alkyl halides is 2. The van der Waals surface area contributed by atoms with E-state index < -0.39 is 30.7 Å². The molecular formula is C30H32F2N4O4. The van der Waals surface area contributed by atoms with E-state index in [1.165, 1.54) is 22.9 Å². The van der Waals surface area contributed by atoms with Gasteiger partial charge in [0.2, 0.25) is 6.41 Å². The summed E-state index contributed by atoms with van der Waals surface area (Å²) in [5.41, 5.74) is 1.97. The van der Waals surface area contributed by atoms with Crippen molar-refractivity contribution in [2.45, 2.75) is 38.5 Å². The highest BCUT2D eigenvalue weighted by Crippen LogP contribution is 2.26. The Kier molecular flexibility index (Phi) is 9.42. The number of halogens is 2. The van der Waals surface area contributed by atoms with E-state index in [1.807, 2.05) is 37.3 Å². The van der Waals surface area contributed by atoms with E-state index in [2.05, 4.69) is 11.6 Å². The number of aliphatic imine (C=N–C) groups is 1. The zero-order valence-electron chi connectivity index (χ0n) is 22.3. The molecule has 1 saturated heterocycles. The molecule has 1 aromatic heterocycles. The molecule has 8 nitrogen and oxygen atoms in total. The van der Waals surface area contributed by atoms with Crippen molar-refractivity contribution in [3.8, 4) is 5.75 Å². The predicted octanol–water partition coefficient (Wildman–Crippen LogP) is 4.31. The molecule has 2 aromatic carbocycles. The van der Waals surface area contributed by atoms with Gasteiger partial charge in [-0.2, -0.15) is 0 Å². The number of piperidine rings is 1. The third-order valence-electron chi connectivity index (χ3n) is 7.06. The highest BCUT2D eigenvalue weighted by Gasteiger charge is 2.25. The third kappa shape index (κ3) is 6.11. The minimum absolute atomic E-state index is 0.0235. The van der Waals surface area contributed by atoms with Crippen molar-refractivity contribution in [1.82, 2.24) is 14.0 Å². The first kappa shape index (κ1) is 28.7. The number of rotatable bonds is 11. The fraction of sp³-hybridized carbons (Fsp3) is 0.333. The molecule has 3 aromatic rings. The second kappa shape index (κ2) is 13.1. The Labute approximate surface area is 230 Å². The Bertz CT molecular complexity index is 1530. The van der Waals surface area contributed by atoms with Crippen molar-refractivity contribution in [2.24, 2.45) is 4.99 Å². The molecule has 40 heavy (non-hydrogen) atoms. The number of likely N-dealkylation sites (tertiary alicyclic amines) is 1. The zero-order chi connectivity index (χ0) is 28.6. The molecule has 1 fully saturated rings. The van der Waals surface area contributed by atoms with Gasteiger partial charge in [-0.3, -0.25) is 23.7 Å². The van der Waals surface area contributed by atoms with Gasteiger partial charge in [-0.15, -0.1) is 0 Å². The highest BCUT2D eigenvalue weighted by atomic mass is 19.1. The molecule has 10 heteroatoms. The lowest BCUT2D eigenvalue weighted by molar-refractivity contribution is -0.119. The van der Waals surface area contributed by atoms with Crippen molar-refractivity contribution in [1.29, 1.82) is 0 Å². The molecule has 1 amide bonds. The SMILES string of the molecule is C=CN=C/C(=C\C)c1ccc(Cn2c(=O)c3cc(OC(CF)CF)ccc3n(C3CCN(C=O)CC3)c2=O)cc1. The summed E-state index contributed by atoms with van der Waals surface area (Å²) in [6.45, 7) is 4.45. The van der Waals surface area contributed by atoms with E-state index >= 15 is 0 Å². The van der Waals surface area contributed by atoms with Gasteiger partial charge in [-0.05, 0) is 54.7 Å². The number of ether oxygens (including phenoxy) is 1. The van der Waals surface area contributed by atoms with Crippen molar-refractivity contribution < 1.29 is 18.3 Å². The Morgan fingerprint density at radius 1 is 1.12 bits per heavy atom. The molecule has 0 saturated carbocycles. The van der Waals surface area contributed by atoms with Crippen molar-refractivity contribution in [3.63, 3.8) is 0 Å². The van der Waals surface area contributed by atoms with Crippen LogP contribution in [0.25, 0.3) is 16.5 Å². The number of hydrogen-bond donors (Lipinski definition) is 0. The maximum atomic E-state index is 13.8. The van der Waals surface area contributed by atoms with E-state index in [9.17, 15) is 23.2 Å². The normalized spacial score (nSPS) is 14.8. The second-order valence-corrected chi connectivity index (χ2v) is 9.55. The number of aromatic nitrogens is 2. The standard InChI is InChI=1S/C30H32F2N4O4/c1-3-22(18-33-4-2)23-7-5-21(6-8-23)19-35-29(38)27-15-25(40-26(16-31)17-32)9-10-28(27)36(30(35)39)24-11-13-34(20-37)14-12-24/h3-10,15,18,20,24,26H,2,11-14,16-17,19H2,1H3/b22-3+,33-18?. The number of fused-ring (bicyclic) bond motifs is 1. The largest absolute Gasteiger partial charge is 0.485 e. The summed E-state index contributed by atoms with van der Waals surface area (Å²) in [6, 6.07) is 11.7. The van der Waals surface area contributed by atoms with Crippen LogP contribution in [0.2, 0.25) is 0 Å². The molecule has 0 unspecified atom stereocenters. The summed E-state index contributed by atoms with van der Waals surface area (Å²) in [5.74, 6) is 0.141. The van der Waals surface area contributed by atoms with Crippen LogP contribution in [0.4, 0.5) is 8.78 Å². The Hall–Kier alpha value is -4.34. The summed E-state index contributed by atoms with van der Waals surface area (Å²) in [5, 5.41) is 0.208. The molecular weight excluding hydrogens is 518 g/mol. The number of nitrogens with zero attached hydrogens (tertiary/aromatic N) is 4. The van der Waals surface area contributed by atoms with Crippen LogP contribution in [0.1, 0.15) is 36.9 Å². The van der Waals surface area contributed by atoms with E-state index in [-0.39, 0.29) is 23.7 Å². The number of carbonyl (C=O) groups is 1. The lowest BCUT2D eigenvalue weighted by Gasteiger charge is -2.31. The van der Waals surface area contributed by atoms with Gasteiger partial charge in [0.1, 0.15) is 19.1 Å². The maximum Gasteiger partial charge on any atom is 0.332 e. The van der Waals surface area contributed by atoms with Crippen molar-refractivity contribution >= 4 is 29.1 Å². The van der Waals surface area contributed by atoms with Crippen LogP contribution in [0.5, 0.6) is 5.75 Å². The maximum absolute atomic E-state index is 13.8. The van der Waals surface area contributed by atoms with E-state index in [0.717, 1.165) is 23.1 Å². The predicted molar refractivity (Wildman–Crippen MR) is 153 cm³/mol. The quantitative estimate of drug-likeness (QED) is 0.263. The first-order chi connectivity index (χ1) is 19.4. The van der Waals surface area contributed by atoms with E-state index in [1.54, 1.807) is 21.7 Å².